The number of cyclic esters (lactones) is 1. The van der Waals surface area contributed by atoms with Crippen LogP contribution in [0.2, 0.25) is 0 Å². The summed E-state index contributed by atoms with van der Waals surface area (Å²) in [6, 6.07) is 15.2. The number of aromatic nitrogens is 2. The van der Waals surface area contributed by atoms with E-state index in [2.05, 4.69) is 15.3 Å². The van der Waals surface area contributed by atoms with E-state index in [0.717, 1.165) is 28.3 Å². The molecule has 3 aromatic rings. The summed E-state index contributed by atoms with van der Waals surface area (Å²) in [6.07, 6.45) is 0. The maximum absolute atomic E-state index is 11.5. The Morgan fingerprint density at radius 3 is 2.68 bits per heavy atom. The number of fused-ring (bicyclic) bond motifs is 1. The zero-order valence-electron chi connectivity index (χ0n) is 13.9. The van der Waals surface area contributed by atoms with Crippen LogP contribution in [-0.4, -0.2) is 15.7 Å². The van der Waals surface area contributed by atoms with Crippen LogP contribution in [0.4, 0.5) is 11.4 Å². The lowest BCUT2D eigenvalue weighted by Gasteiger charge is -2.03. The molecule has 0 amide bonds. The number of esters is 1. The number of nitrogens with zero attached hydrogens (tertiary/aromatic N) is 4. The molecule has 0 atom stereocenters. The maximum atomic E-state index is 11.5. The van der Waals surface area contributed by atoms with Gasteiger partial charge in [-0.15, -0.1) is 5.11 Å². The van der Waals surface area contributed by atoms with Crippen molar-refractivity contribution in [3.05, 3.63) is 71.0 Å². The largest absolute Gasteiger partial charge is 0.457 e. The van der Waals surface area contributed by atoms with Gasteiger partial charge in [0, 0.05) is 5.56 Å². The summed E-state index contributed by atoms with van der Waals surface area (Å²) in [5.41, 5.74) is 5.59. The molecule has 0 spiro atoms. The lowest BCUT2D eigenvalue weighted by molar-refractivity contribution is 0.0535. The van der Waals surface area contributed by atoms with Crippen molar-refractivity contribution in [1.82, 2.24) is 9.78 Å². The zero-order chi connectivity index (χ0) is 17.4. The summed E-state index contributed by atoms with van der Waals surface area (Å²) in [5, 5.41) is 13.3. The highest BCUT2D eigenvalue weighted by Gasteiger charge is 2.21. The first-order valence-electron chi connectivity index (χ1n) is 7.97. The van der Waals surface area contributed by atoms with Gasteiger partial charge in [-0.2, -0.15) is 10.2 Å². The van der Waals surface area contributed by atoms with Gasteiger partial charge in [0.2, 0.25) is 0 Å². The van der Waals surface area contributed by atoms with Crippen molar-refractivity contribution in [3.8, 4) is 5.69 Å². The molecule has 2 aromatic carbocycles. The molecule has 6 nitrogen and oxygen atoms in total. The van der Waals surface area contributed by atoms with E-state index in [-0.39, 0.29) is 5.97 Å². The fourth-order valence-corrected chi connectivity index (χ4v) is 2.89. The van der Waals surface area contributed by atoms with Crippen molar-refractivity contribution >= 4 is 17.3 Å². The first-order chi connectivity index (χ1) is 12.1. The maximum Gasteiger partial charge on any atom is 0.338 e. The molecule has 1 aliphatic heterocycles. The van der Waals surface area contributed by atoms with Gasteiger partial charge in [0.1, 0.15) is 12.3 Å². The topological polar surface area (TPSA) is 68.8 Å². The predicted octanol–water partition coefficient (Wildman–Crippen LogP) is 4.57. The van der Waals surface area contributed by atoms with E-state index in [4.69, 9.17) is 4.74 Å². The van der Waals surface area contributed by atoms with Crippen LogP contribution in [0.3, 0.4) is 0 Å². The molecule has 0 aliphatic carbocycles. The molecule has 124 valence electrons. The summed E-state index contributed by atoms with van der Waals surface area (Å²) in [4.78, 5) is 11.5. The number of para-hydroxylation sites is 1. The van der Waals surface area contributed by atoms with Crippen LogP contribution in [0, 0.1) is 13.8 Å². The van der Waals surface area contributed by atoms with E-state index in [1.165, 1.54) is 0 Å². The molecule has 0 bridgehead atoms. The van der Waals surface area contributed by atoms with Crippen LogP contribution in [0.1, 0.15) is 27.3 Å². The van der Waals surface area contributed by atoms with Gasteiger partial charge in [-0.3, -0.25) is 0 Å². The van der Waals surface area contributed by atoms with Crippen molar-refractivity contribution in [1.29, 1.82) is 0 Å². The van der Waals surface area contributed by atoms with Gasteiger partial charge in [0.25, 0.3) is 0 Å². The minimum atomic E-state index is -0.283. The van der Waals surface area contributed by atoms with Crippen LogP contribution < -0.4 is 0 Å². The number of hydrogen-bond donors (Lipinski definition) is 0. The molecule has 25 heavy (non-hydrogen) atoms. The van der Waals surface area contributed by atoms with E-state index in [1.54, 1.807) is 12.1 Å². The standard InChI is InChI=1S/C19H16N4O2/c1-12-18(13(2)23(22-12)16-6-4-3-5-7-16)21-20-15-8-9-17-14(10-15)11-25-19(17)24/h3-10H,11H2,1-2H3. The van der Waals surface area contributed by atoms with E-state index < -0.39 is 0 Å². The van der Waals surface area contributed by atoms with E-state index >= 15 is 0 Å². The van der Waals surface area contributed by atoms with Crippen molar-refractivity contribution in [2.75, 3.05) is 0 Å². The molecule has 6 heteroatoms. The van der Waals surface area contributed by atoms with Crippen molar-refractivity contribution in [3.63, 3.8) is 0 Å². The van der Waals surface area contributed by atoms with Crippen molar-refractivity contribution in [2.24, 2.45) is 10.2 Å². The molecule has 1 aliphatic rings. The summed E-state index contributed by atoms with van der Waals surface area (Å²) in [5.74, 6) is -0.283. The Bertz CT molecular complexity index is 990. The lowest BCUT2D eigenvalue weighted by atomic mass is 10.1. The molecule has 0 radical (unpaired) electrons. The summed E-state index contributed by atoms with van der Waals surface area (Å²) in [6.45, 7) is 4.17. The number of aryl methyl sites for hydroxylation is 1. The first kappa shape index (κ1) is 15.3. The van der Waals surface area contributed by atoms with E-state index in [1.807, 2.05) is 54.9 Å². The van der Waals surface area contributed by atoms with Crippen LogP contribution in [0.25, 0.3) is 5.69 Å². The van der Waals surface area contributed by atoms with Gasteiger partial charge in [0.15, 0.2) is 0 Å². The highest BCUT2D eigenvalue weighted by Crippen LogP contribution is 2.29. The molecule has 4 rings (SSSR count). The lowest BCUT2D eigenvalue weighted by Crippen LogP contribution is -1.98. The normalized spacial score (nSPS) is 13.3. The Kier molecular flexibility index (Phi) is 3.65. The fraction of sp³-hybridized carbons (Fsp3) is 0.158. The van der Waals surface area contributed by atoms with Gasteiger partial charge in [0.05, 0.1) is 28.3 Å². The molecule has 0 saturated heterocycles. The highest BCUT2D eigenvalue weighted by molar-refractivity contribution is 5.93. The van der Waals surface area contributed by atoms with Gasteiger partial charge in [-0.25, -0.2) is 9.48 Å². The minimum Gasteiger partial charge on any atom is -0.457 e. The molecule has 0 unspecified atom stereocenters. The second kappa shape index (κ2) is 5.98. The molecular formula is C19H16N4O2. The monoisotopic (exact) mass is 332 g/mol. The minimum absolute atomic E-state index is 0.283. The molecule has 2 heterocycles. The molecule has 1 aromatic heterocycles. The van der Waals surface area contributed by atoms with Gasteiger partial charge in [-0.05, 0) is 44.2 Å². The average molecular weight is 332 g/mol. The van der Waals surface area contributed by atoms with Crippen molar-refractivity contribution < 1.29 is 9.53 Å². The smallest absolute Gasteiger partial charge is 0.338 e. The number of ether oxygens (including phenoxy) is 1. The number of azo groups is 1. The highest BCUT2D eigenvalue weighted by atomic mass is 16.5. The third-order valence-electron chi connectivity index (χ3n) is 4.19. The number of rotatable bonds is 3. The Labute approximate surface area is 144 Å². The van der Waals surface area contributed by atoms with Crippen LogP contribution in [0.5, 0.6) is 0 Å². The Hall–Kier alpha value is -3.28. The second-order valence-corrected chi connectivity index (χ2v) is 5.88. The van der Waals surface area contributed by atoms with Crippen LogP contribution in [0.15, 0.2) is 58.8 Å². The Morgan fingerprint density at radius 2 is 1.88 bits per heavy atom. The van der Waals surface area contributed by atoms with Gasteiger partial charge >= 0.3 is 5.97 Å². The second-order valence-electron chi connectivity index (χ2n) is 5.88. The molecular weight excluding hydrogens is 316 g/mol. The Balaban J connectivity index is 1.66. The van der Waals surface area contributed by atoms with E-state index in [0.29, 0.717) is 17.9 Å². The van der Waals surface area contributed by atoms with E-state index in [9.17, 15) is 4.79 Å². The van der Waals surface area contributed by atoms with Crippen LogP contribution >= 0.6 is 0 Å². The fourth-order valence-electron chi connectivity index (χ4n) is 2.89. The SMILES string of the molecule is Cc1nn(-c2ccccc2)c(C)c1N=Nc1ccc2c(c1)COC2=O. The third-order valence-corrected chi connectivity index (χ3v) is 4.19. The predicted molar refractivity (Wildman–Crippen MR) is 92.8 cm³/mol. The molecule has 0 saturated carbocycles. The van der Waals surface area contributed by atoms with Crippen molar-refractivity contribution in [2.45, 2.75) is 20.5 Å². The number of carbonyl (C=O) groups is 1. The molecule has 0 fully saturated rings. The average Bonchev–Trinajstić information content (AvgIpc) is 3.14. The number of carbonyl (C=O) groups excluding carboxylic acids is 1. The summed E-state index contributed by atoms with van der Waals surface area (Å²) < 4.78 is 6.87. The number of benzene rings is 2. The zero-order valence-corrected chi connectivity index (χ0v) is 13.9. The summed E-state index contributed by atoms with van der Waals surface area (Å²) >= 11 is 0. The first-order valence-corrected chi connectivity index (χ1v) is 7.97. The van der Waals surface area contributed by atoms with Crippen LogP contribution in [-0.2, 0) is 11.3 Å². The quantitative estimate of drug-likeness (QED) is 0.521. The summed E-state index contributed by atoms with van der Waals surface area (Å²) in [7, 11) is 0. The number of hydrogen-bond acceptors (Lipinski definition) is 5. The van der Waals surface area contributed by atoms with Gasteiger partial charge < -0.3 is 4.74 Å². The third kappa shape index (κ3) is 2.71. The molecule has 0 N–H and O–H groups in total. The van der Waals surface area contributed by atoms with Gasteiger partial charge in [-0.1, -0.05) is 18.2 Å². The Morgan fingerprint density at radius 1 is 1.08 bits per heavy atom.